The number of hydrogen-bond donors (Lipinski definition) is 1. The molecule has 3 heterocycles. The van der Waals surface area contributed by atoms with Crippen LogP contribution in [0.15, 0.2) is 57.1 Å². The molecule has 4 aromatic rings. The summed E-state index contributed by atoms with van der Waals surface area (Å²) in [4.78, 5) is 17.5. The van der Waals surface area contributed by atoms with Gasteiger partial charge in [0.25, 0.3) is 5.89 Å². The number of carbonyl (C=O) groups excluding carboxylic acids is 1. The topological polar surface area (TPSA) is 68.0 Å². The minimum Gasteiger partial charge on any atom is -0.333 e. The lowest BCUT2D eigenvalue weighted by Crippen LogP contribution is -2.13. The predicted octanol–water partition coefficient (Wildman–Crippen LogP) is 5.02. The Morgan fingerprint density at radius 2 is 2.00 bits per heavy atom. The number of anilines is 1. The maximum atomic E-state index is 12.3. The highest BCUT2D eigenvalue weighted by Gasteiger charge is 2.17. The Kier molecular flexibility index (Phi) is 4.64. The standard InChI is InChI=1S/C19H15N3O2S2/c1-12-2-4-14(5-3-12)18-21-19(24-22-18)17-15(7-9-26-17)20-16(23)10-13-6-8-25-11-13/h2-9,11H,10H2,1H3,(H,20,23). The van der Waals surface area contributed by atoms with Crippen molar-refractivity contribution in [3.05, 3.63) is 63.7 Å². The van der Waals surface area contributed by atoms with Crippen molar-refractivity contribution in [2.24, 2.45) is 0 Å². The zero-order valence-electron chi connectivity index (χ0n) is 13.9. The molecule has 0 aliphatic rings. The molecule has 0 radical (unpaired) electrons. The number of aromatic nitrogens is 2. The summed E-state index contributed by atoms with van der Waals surface area (Å²) >= 11 is 3.03. The summed E-state index contributed by atoms with van der Waals surface area (Å²) in [5.74, 6) is 0.867. The molecule has 1 amide bonds. The molecule has 0 bridgehead atoms. The third-order valence-electron chi connectivity index (χ3n) is 3.81. The van der Waals surface area contributed by atoms with Crippen LogP contribution >= 0.6 is 22.7 Å². The lowest BCUT2D eigenvalue weighted by molar-refractivity contribution is -0.115. The van der Waals surface area contributed by atoms with E-state index in [-0.39, 0.29) is 5.91 Å². The molecule has 0 fully saturated rings. The van der Waals surface area contributed by atoms with Gasteiger partial charge in [0.1, 0.15) is 4.88 Å². The highest BCUT2D eigenvalue weighted by atomic mass is 32.1. The van der Waals surface area contributed by atoms with Crippen molar-refractivity contribution in [1.82, 2.24) is 10.1 Å². The second kappa shape index (κ2) is 7.23. The van der Waals surface area contributed by atoms with Crippen LogP contribution in [0.5, 0.6) is 0 Å². The fourth-order valence-electron chi connectivity index (χ4n) is 2.48. The van der Waals surface area contributed by atoms with Crippen LogP contribution in [-0.4, -0.2) is 16.0 Å². The van der Waals surface area contributed by atoms with Gasteiger partial charge in [0.15, 0.2) is 0 Å². The van der Waals surface area contributed by atoms with Crippen LogP contribution in [0.3, 0.4) is 0 Å². The lowest BCUT2D eigenvalue weighted by atomic mass is 10.1. The summed E-state index contributed by atoms with van der Waals surface area (Å²) in [5.41, 5.74) is 3.76. The van der Waals surface area contributed by atoms with Crippen molar-refractivity contribution in [3.63, 3.8) is 0 Å². The molecular weight excluding hydrogens is 366 g/mol. The fraction of sp³-hybridized carbons (Fsp3) is 0.105. The molecule has 5 nitrogen and oxygen atoms in total. The van der Waals surface area contributed by atoms with Gasteiger partial charge in [-0.05, 0) is 40.8 Å². The normalized spacial score (nSPS) is 10.8. The number of nitrogens with one attached hydrogen (secondary N) is 1. The number of carbonyl (C=O) groups is 1. The summed E-state index contributed by atoms with van der Waals surface area (Å²) < 4.78 is 5.42. The van der Waals surface area contributed by atoms with E-state index in [0.29, 0.717) is 23.8 Å². The van der Waals surface area contributed by atoms with Crippen LogP contribution in [0.1, 0.15) is 11.1 Å². The van der Waals surface area contributed by atoms with E-state index in [4.69, 9.17) is 4.52 Å². The summed E-state index contributed by atoms with van der Waals surface area (Å²) in [6.07, 6.45) is 0.344. The van der Waals surface area contributed by atoms with E-state index in [0.717, 1.165) is 16.0 Å². The number of nitrogens with zero attached hydrogens (tertiary/aromatic N) is 2. The van der Waals surface area contributed by atoms with Gasteiger partial charge in [-0.25, -0.2) is 0 Å². The van der Waals surface area contributed by atoms with Crippen molar-refractivity contribution in [3.8, 4) is 22.2 Å². The molecule has 0 saturated heterocycles. The molecule has 0 saturated carbocycles. The quantitative estimate of drug-likeness (QED) is 0.527. The largest absolute Gasteiger partial charge is 0.333 e. The second-order valence-electron chi connectivity index (χ2n) is 5.81. The molecule has 0 aliphatic heterocycles. The number of thiophene rings is 2. The van der Waals surface area contributed by atoms with Crippen LogP contribution < -0.4 is 5.32 Å². The van der Waals surface area contributed by atoms with Gasteiger partial charge in [0, 0.05) is 5.56 Å². The Bertz CT molecular complexity index is 1020. The van der Waals surface area contributed by atoms with Crippen molar-refractivity contribution < 1.29 is 9.32 Å². The van der Waals surface area contributed by atoms with Crippen molar-refractivity contribution >= 4 is 34.3 Å². The SMILES string of the molecule is Cc1ccc(-c2noc(-c3sccc3NC(=O)Cc3ccsc3)n2)cc1. The van der Waals surface area contributed by atoms with E-state index < -0.39 is 0 Å². The minimum atomic E-state index is -0.0682. The molecule has 4 rings (SSSR count). The van der Waals surface area contributed by atoms with Gasteiger partial charge in [0.2, 0.25) is 11.7 Å². The Balaban J connectivity index is 1.53. The zero-order chi connectivity index (χ0) is 17.9. The highest BCUT2D eigenvalue weighted by Crippen LogP contribution is 2.33. The molecule has 0 unspecified atom stereocenters. The van der Waals surface area contributed by atoms with Gasteiger partial charge >= 0.3 is 0 Å². The average molecular weight is 381 g/mol. The Morgan fingerprint density at radius 1 is 1.15 bits per heavy atom. The third-order valence-corrected chi connectivity index (χ3v) is 5.45. The lowest BCUT2D eigenvalue weighted by Gasteiger charge is -2.03. The molecule has 7 heteroatoms. The maximum absolute atomic E-state index is 12.3. The molecule has 0 aliphatic carbocycles. The number of aryl methyl sites for hydroxylation is 1. The first-order valence-electron chi connectivity index (χ1n) is 7.98. The zero-order valence-corrected chi connectivity index (χ0v) is 15.6. The van der Waals surface area contributed by atoms with Gasteiger partial charge in [-0.1, -0.05) is 35.0 Å². The first-order chi connectivity index (χ1) is 12.7. The van der Waals surface area contributed by atoms with Gasteiger partial charge < -0.3 is 9.84 Å². The Morgan fingerprint density at radius 3 is 2.77 bits per heavy atom. The summed E-state index contributed by atoms with van der Waals surface area (Å²) in [6.45, 7) is 2.03. The van der Waals surface area contributed by atoms with E-state index in [1.165, 1.54) is 16.9 Å². The molecule has 3 aromatic heterocycles. The predicted molar refractivity (Wildman–Crippen MR) is 104 cm³/mol. The van der Waals surface area contributed by atoms with Gasteiger partial charge in [-0.2, -0.15) is 16.3 Å². The maximum Gasteiger partial charge on any atom is 0.270 e. The van der Waals surface area contributed by atoms with Crippen LogP contribution in [0.25, 0.3) is 22.2 Å². The van der Waals surface area contributed by atoms with Gasteiger partial charge in [-0.3, -0.25) is 4.79 Å². The van der Waals surface area contributed by atoms with Gasteiger partial charge in [0.05, 0.1) is 12.1 Å². The van der Waals surface area contributed by atoms with Crippen LogP contribution in [0, 0.1) is 6.92 Å². The first kappa shape index (κ1) is 16.7. The smallest absolute Gasteiger partial charge is 0.270 e. The van der Waals surface area contributed by atoms with Crippen molar-refractivity contribution in [2.75, 3.05) is 5.32 Å². The molecular formula is C19H15N3O2S2. The Hall–Kier alpha value is -2.77. The monoisotopic (exact) mass is 381 g/mol. The van der Waals surface area contributed by atoms with Crippen LogP contribution in [0.4, 0.5) is 5.69 Å². The van der Waals surface area contributed by atoms with Crippen molar-refractivity contribution in [2.45, 2.75) is 13.3 Å². The second-order valence-corrected chi connectivity index (χ2v) is 7.51. The van der Waals surface area contributed by atoms with Crippen LogP contribution in [-0.2, 0) is 11.2 Å². The highest BCUT2D eigenvalue weighted by molar-refractivity contribution is 7.14. The molecule has 1 N–H and O–H groups in total. The molecule has 0 atom stereocenters. The van der Waals surface area contributed by atoms with Gasteiger partial charge in [-0.15, -0.1) is 11.3 Å². The Labute approximate surface area is 158 Å². The molecule has 130 valence electrons. The molecule has 0 spiro atoms. The van der Waals surface area contributed by atoms with Crippen LogP contribution in [0.2, 0.25) is 0 Å². The number of hydrogen-bond acceptors (Lipinski definition) is 6. The molecule has 26 heavy (non-hydrogen) atoms. The third kappa shape index (κ3) is 3.58. The summed E-state index contributed by atoms with van der Waals surface area (Å²) in [6, 6.07) is 11.7. The summed E-state index contributed by atoms with van der Waals surface area (Å²) in [7, 11) is 0. The van der Waals surface area contributed by atoms with E-state index >= 15 is 0 Å². The number of amides is 1. The number of rotatable bonds is 5. The minimum absolute atomic E-state index is 0.0682. The van der Waals surface area contributed by atoms with E-state index in [9.17, 15) is 4.79 Å². The van der Waals surface area contributed by atoms with E-state index in [1.54, 1.807) is 11.3 Å². The van der Waals surface area contributed by atoms with Crippen molar-refractivity contribution in [1.29, 1.82) is 0 Å². The fourth-order valence-corrected chi connectivity index (χ4v) is 3.92. The average Bonchev–Trinajstić information content (AvgIpc) is 3.36. The van der Waals surface area contributed by atoms with E-state index in [2.05, 4.69) is 15.5 Å². The van der Waals surface area contributed by atoms with E-state index in [1.807, 2.05) is 59.5 Å². The molecule has 1 aromatic carbocycles. The summed E-state index contributed by atoms with van der Waals surface area (Å²) in [5, 5.41) is 12.8. The first-order valence-corrected chi connectivity index (χ1v) is 9.81. The number of benzene rings is 1.